The van der Waals surface area contributed by atoms with Crippen LogP contribution < -0.4 is 0 Å². The molecule has 0 aromatic carbocycles. The maximum Gasteiger partial charge on any atom is 0.0701 e. The summed E-state index contributed by atoms with van der Waals surface area (Å²) in [7, 11) is -1.24. The van der Waals surface area contributed by atoms with E-state index in [1.165, 1.54) is 0 Å². The maximum absolute atomic E-state index is 8.23. The van der Waals surface area contributed by atoms with Gasteiger partial charge in [-0.3, -0.25) is 0 Å². The summed E-state index contributed by atoms with van der Waals surface area (Å²) >= 11 is 0. The molecule has 1 atom stereocenters. The molecule has 8 heavy (non-hydrogen) atoms. The zero-order chi connectivity index (χ0) is 7.82. The SMILES string of the molecule is [2H]C([3H])OCCOCCO. The fourth-order valence-corrected chi connectivity index (χ4v) is 0.274. The molecule has 0 aliphatic carbocycles. The van der Waals surface area contributed by atoms with E-state index < -0.39 is 7.06 Å². The second-order valence-corrected chi connectivity index (χ2v) is 1.21. The number of aliphatic hydroxyl groups is 1. The lowest BCUT2D eigenvalue weighted by Crippen LogP contribution is -2.05. The summed E-state index contributed by atoms with van der Waals surface area (Å²) in [6.07, 6.45) is 0. The van der Waals surface area contributed by atoms with Crippen molar-refractivity contribution in [2.75, 3.05) is 33.5 Å². The normalized spacial score (nSPS) is 17.1. The molecule has 0 spiro atoms. The number of hydrogen-bond acceptors (Lipinski definition) is 3. The lowest BCUT2D eigenvalue weighted by Gasteiger charge is -1.98. The molecule has 1 N–H and O–H groups in total. The topological polar surface area (TPSA) is 38.7 Å². The van der Waals surface area contributed by atoms with Crippen LogP contribution in [0.15, 0.2) is 0 Å². The van der Waals surface area contributed by atoms with Gasteiger partial charge in [-0.25, -0.2) is 0 Å². The van der Waals surface area contributed by atoms with E-state index in [2.05, 4.69) is 4.74 Å². The summed E-state index contributed by atoms with van der Waals surface area (Å²) < 4.78 is 22.5. The molecule has 0 saturated carbocycles. The molecule has 0 amide bonds. The van der Waals surface area contributed by atoms with Gasteiger partial charge in [0.05, 0.1) is 29.2 Å². The molecule has 0 aliphatic heterocycles. The zero-order valence-electron chi connectivity index (χ0n) is 6.67. The Morgan fingerprint density at radius 1 is 1.75 bits per heavy atom. The minimum atomic E-state index is -1.24. The van der Waals surface area contributed by atoms with Crippen LogP contribution in [0.4, 0.5) is 0 Å². The highest BCUT2D eigenvalue weighted by Gasteiger charge is 1.82. The van der Waals surface area contributed by atoms with E-state index in [9.17, 15) is 0 Å². The molecule has 0 saturated heterocycles. The van der Waals surface area contributed by atoms with Crippen molar-refractivity contribution in [1.82, 2.24) is 0 Å². The molecular formula is C5H12O3. The fourth-order valence-electron chi connectivity index (χ4n) is 0.274. The van der Waals surface area contributed by atoms with Gasteiger partial charge < -0.3 is 14.6 Å². The molecule has 3 heteroatoms. The second kappa shape index (κ2) is 6.88. The van der Waals surface area contributed by atoms with Crippen molar-refractivity contribution in [2.45, 2.75) is 0 Å². The van der Waals surface area contributed by atoms with E-state index in [0.29, 0.717) is 6.61 Å². The fraction of sp³-hybridized carbons (Fsp3) is 1.00. The molecule has 0 fully saturated rings. The van der Waals surface area contributed by atoms with E-state index in [4.69, 9.17) is 12.6 Å². The lowest BCUT2D eigenvalue weighted by molar-refractivity contribution is 0.0500. The Bertz CT molecular complexity index is 69.9. The van der Waals surface area contributed by atoms with Crippen molar-refractivity contribution in [3.05, 3.63) is 0 Å². The summed E-state index contributed by atoms with van der Waals surface area (Å²) in [6, 6.07) is 0. The molecular weight excluding hydrogens is 108 g/mol. The third-order valence-electron chi connectivity index (χ3n) is 0.581. The first-order chi connectivity index (χ1) is 4.77. The van der Waals surface area contributed by atoms with Gasteiger partial charge in [0, 0.05) is 7.06 Å². The molecule has 0 radical (unpaired) electrons. The largest absolute Gasteiger partial charge is 0.394 e. The Labute approximate surface area is 52.0 Å². The Balaban J connectivity index is 2.77. The summed E-state index contributed by atoms with van der Waals surface area (Å²) in [5.74, 6) is 0. The number of aliphatic hydroxyl groups excluding tert-OH is 1. The predicted molar refractivity (Wildman–Crippen MR) is 29.8 cm³/mol. The monoisotopic (exact) mass is 123 g/mol. The van der Waals surface area contributed by atoms with Gasteiger partial charge in [-0.05, 0) is 0 Å². The third kappa shape index (κ3) is 5.88. The van der Waals surface area contributed by atoms with E-state index in [1.807, 2.05) is 0 Å². The maximum atomic E-state index is 8.23. The molecule has 50 valence electrons. The summed E-state index contributed by atoms with van der Waals surface area (Å²) in [5.41, 5.74) is 0. The first-order valence-corrected chi connectivity index (χ1v) is 2.42. The highest BCUT2D eigenvalue weighted by Crippen LogP contribution is 1.72. The van der Waals surface area contributed by atoms with Crippen LogP contribution in [-0.4, -0.2) is 38.6 Å². The smallest absolute Gasteiger partial charge is 0.0701 e. The van der Waals surface area contributed by atoms with E-state index in [-0.39, 0.29) is 19.8 Å². The summed E-state index contributed by atoms with van der Waals surface area (Å²) in [4.78, 5) is 0. The number of hydrogen-bond donors (Lipinski definition) is 1. The van der Waals surface area contributed by atoms with E-state index in [0.717, 1.165) is 0 Å². The van der Waals surface area contributed by atoms with Gasteiger partial charge in [0.1, 0.15) is 0 Å². The highest BCUT2D eigenvalue weighted by atomic mass is 16.5. The Morgan fingerprint density at radius 3 is 3.25 bits per heavy atom. The molecule has 0 aromatic heterocycles. The van der Waals surface area contributed by atoms with Gasteiger partial charge in [0.2, 0.25) is 0 Å². The third-order valence-corrected chi connectivity index (χ3v) is 0.581. The molecule has 3 nitrogen and oxygen atoms in total. The number of ether oxygens (including phenoxy) is 2. The minimum Gasteiger partial charge on any atom is -0.394 e. The Kier molecular flexibility index (Phi) is 4.07. The predicted octanol–water partition coefficient (Wildman–Crippen LogP) is -0.358. The van der Waals surface area contributed by atoms with Gasteiger partial charge in [-0.1, -0.05) is 0 Å². The van der Waals surface area contributed by atoms with Crippen molar-refractivity contribution < 1.29 is 17.3 Å². The van der Waals surface area contributed by atoms with Gasteiger partial charge in [-0.2, -0.15) is 0 Å². The van der Waals surface area contributed by atoms with Gasteiger partial charge >= 0.3 is 0 Å². The average Bonchev–Trinajstić information content (AvgIpc) is 1.87. The van der Waals surface area contributed by atoms with E-state index >= 15 is 0 Å². The Morgan fingerprint density at radius 2 is 2.62 bits per heavy atom. The molecule has 0 aliphatic rings. The minimum absolute atomic E-state index is 0.00875. The average molecular weight is 123 g/mol. The molecule has 0 rings (SSSR count). The second-order valence-electron chi connectivity index (χ2n) is 1.21. The van der Waals surface area contributed by atoms with Crippen LogP contribution in [0.5, 0.6) is 0 Å². The van der Waals surface area contributed by atoms with Crippen LogP contribution in [0.2, 0.25) is 0 Å². The first kappa shape index (κ1) is 4.73. The van der Waals surface area contributed by atoms with E-state index in [1.54, 1.807) is 0 Å². The van der Waals surface area contributed by atoms with Crippen LogP contribution in [0.3, 0.4) is 0 Å². The van der Waals surface area contributed by atoms with Crippen LogP contribution in [0, 0.1) is 0 Å². The lowest BCUT2D eigenvalue weighted by atomic mass is 10.7. The first-order valence-electron chi connectivity index (χ1n) is 3.57. The standard InChI is InChI=1S/C5H12O3/c1-7-4-5-8-3-2-6/h6H,2-5H2,1H3/i1TD. The molecule has 1 unspecified atom stereocenters. The van der Waals surface area contributed by atoms with Gasteiger partial charge in [0.15, 0.2) is 0 Å². The van der Waals surface area contributed by atoms with Crippen molar-refractivity contribution in [2.24, 2.45) is 0 Å². The van der Waals surface area contributed by atoms with Crippen molar-refractivity contribution in [3.8, 4) is 0 Å². The molecule has 0 bridgehead atoms. The Hall–Kier alpha value is -0.120. The highest BCUT2D eigenvalue weighted by molar-refractivity contribution is 4.26. The van der Waals surface area contributed by atoms with Crippen LogP contribution in [-0.2, 0) is 9.47 Å². The van der Waals surface area contributed by atoms with Crippen LogP contribution in [0.25, 0.3) is 0 Å². The van der Waals surface area contributed by atoms with Crippen LogP contribution >= 0.6 is 0 Å². The van der Waals surface area contributed by atoms with Crippen molar-refractivity contribution in [3.63, 3.8) is 0 Å². The van der Waals surface area contributed by atoms with Crippen LogP contribution in [0.1, 0.15) is 2.74 Å². The number of methoxy groups -OCH3 is 1. The summed E-state index contributed by atoms with van der Waals surface area (Å²) in [6.45, 7) is 0.835. The van der Waals surface area contributed by atoms with Gasteiger partial charge in [-0.15, -0.1) is 0 Å². The quantitative estimate of drug-likeness (QED) is 0.507. The van der Waals surface area contributed by atoms with Crippen molar-refractivity contribution >= 4 is 0 Å². The number of rotatable bonds is 5. The molecule has 0 heterocycles. The zero-order valence-corrected chi connectivity index (χ0v) is 4.67. The molecule has 0 aromatic rings. The van der Waals surface area contributed by atoms with Gasteiger partial charge in [0.25, 0.3) is 0 Å². The van der Waals surface area contributed by atoms with Crippen molar-refractivity contribution in [1.29, 1.82) is 0 Å². The summed E-state index contributed by atoms with van der Waals surface area (Å²) in [5, 5.41) is 8.23.